The van der Waals surface area contributed by atoms with Gasteiger partial charge < -0.3 is 19.0 Å². The summed E-state index contributed by atoms with van der Waals surface area (Å²) in [5.41, 5.74) is -7.82. The first-order chi connectivity index (χ1) is 14.0. The van der Waals surface area contributed by atoms with Crippen molar-refractivity contribution in [1.82, 2.24) is 5.32 Å². The minimum absolute atomic E-state index is 0.0186. The van der Waals surface area contributed by atoms with Crippen molar-refractivity contribution in [2.45, 2.75) is 44.3 Å². The molecule has 1 unspecified atom stereocenters. The third-order valence-corrected chi connectivity index (χ3v) is 4.29. The maximum atomic E-state index is 12.5. The van der Waals surface area contributed by atoms with E-state index >= 15 is 0 Å². The maximum Gasteiger partial charge on any atom is 0.534 e. The van der Waals surface area contributed by atoms with Gasteiger partial charge in [-0.05, 0) is 32.4 Å². The Morgan fingerprint density at radius 1 is 1.23 bits per heavy atom. The first kappa shape index (κ1) is 25.9. The second kappa shape index (κ2) is 9.36. The summed E-state index contributed by atoms with van der Waals surface area (Å²) >= 11 is 0. The van der Waals surface area contributed by atoms with E-state index in [1.165, 1.54) is 0 Å². The van der Waals surface area contributed by atoms with E-state index in [1.54, 1.807) is 20.8 Å². The van der Waals surface area contributed by atoms with E-state index in [4.69, 9.17) is 4.74 Å². The number of hydrogen-bond acceptors (Lipinski definition) is 9. The molecular formula is C16H19F3N2O9S. The van der Waals surface area contributed by atoms with Gasteiger partial charge in [0.15, 0.2) is 0 Å². The van der Waals surface area contributed by atoms with Gasteiger partial charge in [0.25, 0.3) is 0 Å². The van der Waals surface area contributed by atoms with Crippen LogP contribution in [0.4, 0.5) is 23.7 Å². The van der Waals surface area contributed by atoms with Gasteiger partial charge in [-0.3, -0.25) is 10.1 Å². The van der Waals surface area contributed by atoms with Gasteiger partial charge in [0.2, 0.25) is 5.75 Å². The number of ether oxygens (including phenoxy) is 2. The van der Waals surface area contributed by atoms with Crippen LogP contribution in [-0.4, -0.2) is 49.7 Å². The maximum absolute atomic E-state index is 12.5. The molecule has 0 saturated heterocycles. The standard InChI is InChI=1S/C16H19F3N2O9S/c1-15(2,3)29-14(23)20-10(13(22)28-4)7-9-5-6-12(11(8-9)21(24)25)30-31(26,27)16(17,18)19/h5-6,8,10H,7H2,1-4H3,(H,20,23). The van der Waals surface area contributed by atoms with Crippen LogP contribution in [0, 0.1) is 10.1 Å². The highest BCUT2D eigenvalue weighted by molar-refractivity contribution is 7.88. The molecule has 0 fully saturated rings. The minimum atomic E-state index is -6.15. The van der Waals surface area contributed by atoms with E-state index in [0.29, 0.717) is 12.1 Å². The molecule has 0 aliphatic carbocycles. The van der Waals surface area contributed by atoms with Crippen LogP contribution in [0.5, 0.6) is 5.75 Å². The highest BCUT2D eigenvalue weighted by Gasteiger charge is 2.49. The van der Waals surface area contributed by atoms with Gasteiger partial charge in [0.1, 0.15) is 11.6 Å². The molecule has 1 atom stereocenters. The van der Waals surface area contributed by atoms with Crippen LogP contribution in [0.2, 0.25) is 0 Å². The molecule has 31 heavy (non-hydrogen) atoms. The molecule has 1 rings (SSSR count). The fraction of sp³-hybridized carbons (Fsp3) is 0.500. The number of nitro benzene ring substituents is 1. The molecule has 0 bridgehead atoms. The third-order valence-electron chi connectivity index (χ3n) is 3.32. The Labute approximate surface area is 174 Å². The van der Waals surface area contributed by atoms with Crippen molar-refractivity contribution in [2.75, 3.05) is 7.11 Å². The molecule has 0 spiro atoms. The lowest BCUT2D eigenvalue weighted by Crippen LogP contribution is -2.45. The molecule has 0 heterocycles. The van der Waals surface area contributed by atoms with Gasteiger partial charge in [0, 0.05) is 12.5 Å². The number of carbonyl (C=O) groups excluding carboxylic acids is 2. The number of rotatable bonds is 7. The molecule has 0 aliphatic rings. The number of hydrogen-bond donors (Lipinski definition) is 1. The van der Waals surface area contributed by atoms with Gasteiger partial charge in [0.05, 0.1) is 12.0 Å². The molecule has 1 aromatic carbocycles. The van der Waals surface area contributed by atoms with Crippen molar-refractivity contribution in [2.24, 2.45) is 0 Å². The van der Waals surface area contributed by atoms with Crippen LogP contribution in [0.25, 0.3) is 0 Å². The van der Waals surface area contributed by atoms with Crippen LogP contribution >= 0.6 is 0 Å². The van der Waals surface area contributed by atoms with Crippen molar-refractivity contribution < 1.29 is 49.8 Å². The lowest BCUT2D eigenvalue weighted by atomic mass is 10.0. The molecule has 0 aliphatic heterocycles. The fourth-order valence-corrected chi connectivity index (χ4v) is 2.56. The highest BCUT2D eigenvalue weighted by atomic mass is 32.2. The van der Waals surface area contributed by atoms with Crippen molar-refractivity contribution in [1.29, 1.82) is 0 Å². The van der Waals surface area contributed by atoms with Crippen molar-refractivity contribution in [3.8, 4) is 5.75 Å². The number of carbonyl (C=O) groups is 2. The van der Waals surface area contributed by atoms with Crippen LogP contribution < -0.4 is 9.50 Å². The molecule has 174 valence electrons. The van der Waals surface area contributed by atoms with Gasteiger partial charge in [-0.1, -0.05) is 6.07 Å². The SMILES string of the molecule is COC(=O)C(Cc1ccc(OS(=O)(=O)C(F)(F)F)c([N+](=O)[O-])c1)NC(=O)OC(C)(C)C. The Bertz CT molecular complexity index is 956. The Hall–Kier alpha value is -3.10. The molecule has 15 heteroatoms. The third kappa shape index (κ3) is 7.58. The topological polar surface area (TPSA) is 151 Å². The Morgan fingerprint density at radius 2 is 1.81 bits per heavy atom. The molecule has 0 saturated carbocycles. The van der Waals surface area contributed by atoms with Gasteiger partial charge in [-0.15, -0.1) is 0 Å². The average molecular weight is 472 g/mol. The number of alkyl halides is 3. The lowest BCUT2D eigenvalue weighted by molar-refractivity contribution is -0.385. The summed E-state index contributed by atoms with van der Waals surface area (Å²) in [5.74, 6) is -2.12. The summed E-state index contributed by atoms with van der Waals surface area (Å²) in [7, 11) is -5.12. The van der Waals surface area contributed by atoms with E-state index in [-0.39, 0.29) is 12.0 Å². The number of amides is 1. The van der Waals surface area contributed by atoms with E-state index in [0.717, 1.165) is 13.2 Å². The fourth-order valence-electron chi connectivity index (χ4n) is 2.09. The number of halogens is 3. The zero-order valence-corrected chi connectivity index (χ0v) is 17.5. The van der Waals surface area contributed by atoms with Crippen LogP contribution in [0.1, 0.15) is 26.3 Å². The van der Waals surface area contributed by atoms with E-state index in [1.807, 2.05) is 0 Å². The van der Waals surface area contributed by atoms with Crippen LogP contribution in [0.3, 0.4) is 0 Å². The summed E-state index contributed by atoms with van der Waals surface area (Å²) in [4.78, 5) is 33.9. The largest absolute Gasteiger partial charge is 0.534 e. The number of methoxy groups -OCH3 is 1. The molecule has 0 radical (unpaired) electrons. The molecule has 1 N–H and O–H groups in total. The first-order valence-electron chi connectivity index (χ1n) is 8.32. The summed E-state index contributed by atoms with van der Waals surface area (Å²) in [5, 5.41) is 13.4. The normalized spacial score (nSPS) is 13.1. The number of nitrogens with one attached hydrogen (secondary N) is 1. The molecule has 1 amide bonds. The van der Waals surface area contributed by atoms with Crippen molar-refractivity contribution in [3.05, 3.63) is 33.9 Å². The summed E-state index contributed by atoms with van der Waals surface area (Å²) in [6, 6.07) is 0.943. The zero-order chi connectivity index (χ0) is 24.2. The number of benzene rings is 1. The van der Waals surface area contributed by atoms with Gasteiger partial charge >= 0.3 is 33.4 Å². The predicted molar refractivity (Wildman–Crippen MR) is 97.6 cm³/mol. The highest BCUT2D eigenvalue weighted by Crippen LogP contribution is 2.33. The quantitative estimate of drug-likeness (QED) is 0.207. The number of nitro groups is 1. The summed E-state index contributed by atoms with van der Waals surface area (Å²) in [6.45, 7) is 4.70. The van der Waals surface area contributed by atoms with Crippen molar-refractivity contribution >= 4 is 27.9 Å². The summed E-state index contributed by atoms with van der Waals surface area (Å²) < 4.78 is 73.1. The molecule has 0 aromatic heterocycles. The van der Waals surface area contributed by atoms with Crippen LogP contribution in [0.15, 0.2) is 18.2 Å². The Balaban J connectivity index is 3.20. The van der Waals surface area contributed by atoms with E-state index in [2.05, 4.69) is 14.2 Å². The van der Waals surface area contributed by atoms with Crippen LogP contribution in [-0.2, 0) is 30.8 Å². The number of alkyl carbamates (subject to hydrolysis) is 1. The van der Waals surface area contributed by atoms with E-state index < -0.39 is 55.7 Å². The Kier molecular flexibility index (Phi) is 7.83. The zero-order valence-electron chi connectivity index (χ0n) is 16.7. The molecular weight excluding hydrogens is 453 g/mol. The van der Waals surface area contributed by atoms with Gasteiger partial charge in [-0.2, -0.15) is 21.6 Å². The molecule has 11 nitrogen and oxygen atoms in total. The van der Waals surface area contributed by atoms with E-state index in [9.17, 15) is 41.3 Å². The number of nitrogens with zero attached hydrogens (tertiary/aromatic N) is 1. The second-order valence-corrected chi connectivity index (χ2v) is 8.51. The minimum Gasteiger partial charge on any atom is -0.467 e. The monoisotopic (exact) mass is 472 g/mol. The summed E-state index contributed by atoms with van der Waals surface area (Å²) in [6.07, 6.45) is -1.38. The second-order valence-electron chi connectivity index (χ2n) is 6.97. The average Bonchev–Trinajstić information content (AvgIpc) is 2.58. The number of esters is 1. The Morgan fingerprint density at radius 3 is 2.26 bits per heavy atom. The van der Waals surface area contributed by atoms with Gasteiger partial charge in [-0.25, -0.2) is 9.59 Å². The smallest absolute Gasteiger partial charge is 0.467 e. The first-order valence-corrected chi connectivity index (χ1v) is 9.73. The lowest BCUT2D eigenvalue weighted by Gasteiger charge is -2.22. The molecule has 1 aromatic rings. The van der Waals surface area contributed by atoms with Crippen molar-refractivity contribution in [3.63, 3.8) is 0 Å². The predicted octanol–water partition coefficient (Wildman–Crippen LogP) is 2.43.